The van der Waals surface area contributed by atoms with E-state index in [-0.39, 0.29) is 26.8 Å². The van der Waals surface area contributed by atoms with E-state index in [9.17, 15) is 24.9 Å². The fraction of sp³-hybridized carbons (Fsp3) is 0.318. The number of halogens is 2. The van der Waals surface area contributed by atoms with Crippen LogP contribution in [0, 0.1) is 5.92 Å². The number of aromatic hydroxyl groups is 1. The third-order valence-corrected chi connectivity index (χ3v) is 11.4. The summed E-state index contributed by atoms with van der Waals surface area (Å²) in [6.45, 7) is 4.69. The van der Waals surface area contributed by atoms with Crippen LogP contribution in [0.1, 0.15) is 48.5 Å². The molecule has 2 bridgehead atoms. The number of piperidine rings is 3. The van der Waals surface area contributed by atoms with Crippen molar-refractivity contribution in [2.75, 3.05) is 31.1 Å². The van der Waals surface area contributed by atoms with E-state index in [4.69, 9.17) is 0 Å². The number of benzene rings is 4. The molecule has 10 nitrogen and oxygen atoms in total. The maximum atomic E-state index is 13.0. The Morgan fingerprint density at radius 3 is 2.45 bits per heavy atom. The topological polar surface area (TPSA) is 134 Å². The molecule has 0 saturated carbocycles. The van der Waals surface area contributed by atoms with E-state index >= 15 is 0 Å². The van der Waals surface area contributed by atoms with Crippen LogP contribution in [0.4, 0.5) is 19.9 Å². The Balaban J connectivity index is 0.00000266. The van der Waals surface area contributed by atoms with Crippen molar-refractivity contribution >= 4 is 33.6 Å². The number of nitrogens with zero attached hydrogens (tertiary/aromatic N) is 3. The highest BCUT2D eigenvalue weighted by Gasteiger charge is 2.40. The molecule has 12 heteroatoms. The molecule has 56 heavy (non-hydrogen) atoms. The first-order valence-electron chi connectivity index (χ1n) is 19.1. The van der Waals surface area contributed by atoms with Gasteiger partial charge in [0, 0.05) is 54.9 Å². The van der Waals surface area contributed by atoms with Crippen molar-refractivity contribution in [1.82, 2.24) is 19.8 Å². The number of hydrogen-bond donors (Lipinski definition) is 5. The lowest BCUT2D eigenvalue weighted by Gasteiger charge is -2.48. The number of hydrogen-bond acceptors (Lipinski definition) is 6. The Morgan fingerprint density at radius 2 is 1.70 bits per heavy atom. The number of aliphatic hydroxyl groups excluding tert-OH is 1. The van der Waals surface area contributed by atoms with Gasteiger partial charge in [0.25, 0.3) is 0 Å². The Bertz CT molecular complexity index is 2340. The molecule has 3 aliphatic rings. The first-order chi connectivity index (χ1) is 26.3. The number of nitrogens with one attached hydrogen (secondary N) is 2. The van der Waals surface area contributed by atoms with Gasteiger partial charge in [-0.1, -0.05) is 54.6 Å². The molecule has 4 aromatic carbocycles. The zero-order chi connectivity index (χ0) is 37.2. The summed E-state index contributed by atoms with van der Waals surface area (Å²) in [6, 6.07) is 31.3. The highest BCUT2D eigenvalue weighted by Crippen LogP contribution is 2.39. The van der Waals surface area contributed by atoms with Crippen LogP contribution in [0.15, 0.2) is 108 Å². The SMILES string of the molecule is F.F.O=C(O)N(c1cc(CCCCn2ccc3cc(CNC[C@H](O)c4ccc(O)c5[nH]c(=O)ccc45)ccc32)ccc1-c1ccccc1)[C@H]1CN2CCC1CC2. The molecule has 3 saturated heterocycles. The molecule has 1 amide bonds. The summed E-state index contributed by atoms with van der Waals surface area (Å²) >= 11 is 0. The van der Waals surface area contributed by atoms with Crippen LogP contribution in [-0.4, -0.2) is 68.1 Å². The predicted molar refractivity (Wildman–Crippen MR) is 218 cm³/mol. The molecule has 3 aliphatic heterocycles. The lowest BCUT2D eigenvalue weighted by molar-refractivity contribution is 0.0837. The minimum atomic E-state index is -0.874. The van der Waals surface area contributed by atoms with Crippen LogP contribution in [0.25, 0.3) is 32.9 Å². The lowest BCUT2D eigenvalue weighted by atomic mass is 9.82. The Morgan fingerprint density at radius 1 is 0.911 bits per heavy atom. The summed E-state index contributed by atoms with van der Waals surface area (Å²) in [7, 11) is 0. The number of phenols is 1. The fourth-order valence-electron chi connectivity index (χ4n) is 8.62. The summed E-state index contributed by atoms with van der Waals surface area (Å²) in [4.78, 5) is 31.4. The zero-order valence-electron chi connectivity index (χ0n) is 31.1. The molecule has 0 aliphatic carbocycles. The number of H-pyrrole nitrogens is 1. The number of aryl methyl sites for hydroxylation is 2. The average molecular weight is 766 g/mol. The lowest BCUT2D eigenvalue weighted by Crippen LogP contribution is -2.59. The van der Waals surface area contributed by atoms with Crippen molar-refractivity contribution in [3.05, 3.63) is 130 Å². The highest BCUT2D eigenvalue weighted by atomic mass is 19.0. The molecule has 5 N–H and O–H groups in total. The summed E-state index contributed by atoms with van der Waals surface area (Å²) in [5, 5.41) is 36.8. The van der Waals surface area contributed by atoms with Crippen LogP contribution in [0.3, 0.4) is 0 Å². The quantitative estimate of drug-likeness (QED) is 0.0766. The minimum Gasteiger partial charge on any atom is -0.506 e. The molecular weight excluding hydrogens is 717 g/mol. The maximum Gasteiger partial charge on any atom is 0.412 e. The number of aromatic nitrogens is 2. The summed E-state index contributed by atoms with van der Waals surface area (Å²) in [5.74, 6) is 0.362. The number of carbonyl (C=O) groups is 1. The van der Waals surface area contributed by atoms with Gasteiger partial charge in [-0.2, -0.15) is 0 Å². The van der Waals surface area contributed by atoms with Gasteiger partial charge in [0.15, 0.2) is 0 Å². The smallest absolute Gasteiger partial charge is 0.412 e. The second kappa shape index (κ2) is 17.5. The molecule has 9 rings (SSSR count). The maximum absolute atomic E-state index is 13.0. The van der Waals surface area contributed by atoms with Gasteiger partial charge in [-0.05, 0) is 115 Å². The average Bonchev–Trinajstić information content (AvgIpc) is 3.59. The number of aromatic amines is 1. The normalized spacial score (nSPS) is 18.0. The molecule has 294 valence electrons. The number of unbranched alkanes of at least 4 members (excludes halogenated alkanes) is 1. The number of pyridine rings is 1. The summed E-state index contributed by atoms with van der Waals surface area (Å²) < 4.78 is 2.29. The van der Waals surface area contributed by atoms with Crippen molar-refractivity contribution in [2.24, 2.45) is 5.92 Å². The zero-order valence-corrected chi connectivity index (χ0v) is 31.1. The van der Waals surface area contributed by atoms with Crippen molar-refractivity contribution in [3.8, 4) is 16.9 Å². The second-order valence-corrected chi connectivity index (χ2v) is 14.9. The van der Waals surface area contributed by atoms with Crippen LogP contribution in [-0.2, 0) is 19.5 Å². The van der Waals surface area contributed by atoms with E-state index in [1.807, 2.05) is 18.2 Å². The first-order valence-corrected chi connectivity index (χ1v) is 19.1. The molecule has 3 fully saturated rings. The number of phenolic OH excluding ortho intramolecular Hbond substituents is 1. The van der Waals surface area contributed by atoms with Crippen LogP contribution in [0.2, 0.25) is 0 Å². The van der Waals surface area contributed by atoms with E-state index in [1.54, 1.807) is 17.0 Å². The second-order valence-electron chi connectivity index (χ2n) is 14.9. The van der Waals surface area contributed by atoms with E-state index < -0.39 is 12.2 Å². The van der Waals surface area contributed by atoms with Gasteiger partial charge in [0.05, 0.1) is 23.3 Å². The van der Waals surface area contributed by atoms with E-state index in [1.165, 1.54) is 17.6 Å². The van der Waals surface area contributed by atoms with Crippen LogP contribution < -0.4 is 15.8 Å². The van der Waals surface area contributed by atoms with E-state index in [2.05, 4.69) is 80.6 Å². The van der Waals surface area contributed by atoms with Gasteiger partial charge in [-0.15, -0.1) is 0 Å². The van der Waals surface area contributed by atoms with Crippen molar-refractivity contribution in [3.63, 3.8) is 0 Å². The Labute approximate surface area is 323 Å². The number of carboxylic acid groups (broad SMARTS) is 1. The molecule has 0 unspecified atom stereocenters. The highest BCUT2D eigenvalue weighted by molar-refractivity contribution is 5.94. The molecule has 5 heterocycles. The largest absolute Gasteiger partial charge is 0.506 e. The number of aliphatic hydroxyl groups is 1. The predicted octanol–water partition coefficient (Wildman–Crippen LogP) is 7.59. The van der Waals surface area contributed by atoms with Crippen LogP contribution >= 0.6 is 0 Å². The number of fused-ring (bicyclic) bond motifs is 5. The van der Waals surface area contributed by atoms with E-state index in [0.29, 0.717) is 35.5 Å². The number of amides is 1. The summed E-state index contributed by atoms with van der Waals surface area (Å²) in [6.07, 6.45) is 5.38. The summed E-state index contributed by atoms with van der Waals surface area (Å²) in [5.41, 5.74) is 6.88. The van der Waals surface area contributed by atoms with Crippen molar-refractivity contribution in [1.29, 1.82) is 0 Å². The van der Waals surface area contributed by atoms with Gasteiger partial charge in [0.2, 0.25) is 5.56 Å². The monoisotopic (exact) mass is 765 g/mol. The molecule has 0 radical (unpaired) electrons. The third kappa shape index (κ3) is 8.32. The van der Waals surface area contributed by atoms with Gasteiger partial charge in [-0.25, -0.2) is 4.79 Å². The molecule has 6 aromatic rings. The van der Waals surface area contributed by atoms with Crippen molar-refractivity contribution < 1.29 is 29.5 Å². The van der Waals surface area contributed by atoms with Gasteiger partial charge >= 0.3 is 6.09 Å². The molecule has 2 aromatic heterocycles. The third-order valence-electron chi connectivity index (χ3n) is 11.4. The number of rotatable bonds is 13. The van der Waals surface area contributed by atoms with Gasteiger partial charge < -0.3 is 35.1 Å². The molecule has 2 atom stereocenters. The minimum absolute atomic E-state index is 0. The number of anilines is 1. The molecule has 0 spiro atoms. The van der Waals surface area contributed by atoms with Gasteiger partial charge in [0.1, 0.15) is 5.75 Å². The van der Waals surface area contributed by atoms with Gasteiger partial charge in [-0.3, -0.25) is 19.1 Å². The first kappa shape index (κ1) is 40.1. The fourth-order valence-corrected chi connectivity index (χ4v) is 8.62. The Hall–Kier alpha value is -5.56. The Kier molecular flexibility index (Phi) is 12.5. The van der Waals surface area contributed by atoms with Crippen LogP contribution in [0.5, 0.6) is 5.75 Å². The van der Waals surface area contributed by atoms with Crippen molar-refractivity contribution in [2.45, 2.75) is 57.3 Å². The standard InChI is InChI=1S/C44H47N5O5.2FH/c50-40-15-12-35(36-13-16-42(52)46-43(36)40)41(51)27-45-26-30-10-14-37-33(24-30)19-23-48(37)20-5-4-6-29-9-11-34(31-7-2-1-3-8-31)38(25-29)49(44(53)54)39-28-47-21-17-32(39)18-22-47;;/h1-3,7-16,19,23-25,32,39,41,45,50-51H,4-6,17-18,20-22,26-28H2,(H,46,52)(H,53,54);2*1H/t39-,41-;;/m0../s1. The van der Waals surface area contributed by atoms with E-state index in [0.717, 1.165) is 91.6 Å². The molecular formula is C44H49F2N5O5.